The normalized spacial score (nSPS) is 15.4. The first-order valence-electron chi connectivity index (χ1n) is 6.89. The Morgan fingerprint density at radius 2 is 2.25 bits per heavy atom. The van der Waals surface area contributed by atoms with Gasteiger partial charge in [-0.2, -0.15) is 0 Å². The molecule has 3 rings (SSSR count). The highest BCUT2D eigenvalue weighted by molar-refractivity contribution is 7.10. The number of aromatic nitrogens is 2. The Morgan fingerprint density at radius 1 is 1.40 bits per heavy atom. The van der Waals surface area contributed by atoms with Crippen molar-refractivity contribution in [2.24, 2.45) is 0 Å². The topological polar surface area (TPSA) is 54.2 Å². The van der Waals surface area contributed by atoms with Gasteiger partial charge in [-0.3, -0.25) is 0 Å². The Morgan fingerprint density at radius 3 is 3.05 bits per heavy atom. The molecule has 3 heterocycles. The van der Waals surface area contributed by atoms with Gasteiger partial charge in [0.1, 0.15) is 0 Å². The zero-order valence-electron chi connectivity index (χ0n) is 12.1. The van der Waals surface area contributed by atoms with E-state index in [1.165, 1.54) is 10.4 Å². The van der Waals surface area contributed by atoms with Gasteiger partial charge >= 0.3 is 6.01 Å². The molecule has 0 unspecified atom stereocenters. The molecule has 1 aliphatic heterocycles. The summed E-state index contributed by atoms with van der Waals surface area (Å²) in [7, 11) is 0. The lowest BCUT2D eigenvalue weighted by molar-refractivity contribution is 0.380. The Hall–Kier alpha value is -1.40. The van der Waals surface area contributed by atoms with E-state index < -0.39 is 0 Å². The number of thiophene rings is 1. The first-order chi connectivity index (χ1) is 9.51. The molecule has 2 aromatic heterocycles. The van der Waals surface area contributed by atoms with Gasteiger partial charge in [0.05, 0.1) is 6.54 Å². The van der Waals surface area contributed by atoms with E-state index in [0.717, 1.165) is 19.5 Å². The lowest BCUT2D eigenvalue weighted by Gasteiger charge is -2.24. The van der Waals surface area contributed by atoms with Gasteiger partial charge in [0.2, 0.25) is 5.89 Å². The summed E-state index contributed by atoms with van der Waals surface area (Å²) in [6.07, 6.45) is 1.06. The van der Waals surface area contributed by atoms with E-state index in [1.54, 1.807) is 0 Å². The second kappa shape index (κ2) is 5.18. The fourth-order valence-electron chi connectivity index (χ4n) is 2.20. The average molecular weight is 292 g/mol. The maximum Gasteiger partial charge on any atom is 0.318 e. The van der Waals surface area contributed by atoms with Gasteiger partial charge in [-0.15, -0.1) is 16.4 Å². The molecular formula is C14H20N4OS. The van der Waals surface area contributed by atoms with E-state index in [-0.39, 0.29) is 5.54 Å². The van der Waals surface area contributed by atoms with Gasteiger partial charge in [-0.25, -0.2) is 0 Å². The van der Waals surface area contributed by atoms with Crippen molar-refractivity contribution >= 4 is 17.4 Å². The minimum absolute atomic E-state index is 0.0470. The highest BCUT2D eigenvalue weighted by Crippen LogP contribution is 2.27. The van der Waals surface area contributed by atoms with Crippen molar-refractivity contribution in [1.29, 1.82) is 0 Å². The summed E-state index contributed by atoms with van der Waals surface area (Å²) < 4.78 is 5.75. The zero-order chi connectivity index (χ0) is 14.2. The second-order valence-corrected chi connectivity index (χ2v) is 7.12. The molecule has 0 saturated carbocycles. The van der Waals surface area contributed by atoms with Crippen LogP contribution in [0.15, 0.2) is 15.9 Å². The van der Waals surface area contributed by atoms with Crippen LogP contribution < -0.4 is 10.2 Å². The van der Waals surface area contributed by atoms with E-state index in [9.17, 15) is 0 Å². The van der Waals surface area contributed by atoms with Crippen LogP contribution in [0.25, 0.3) is 0 Å². The summed E-state index contributed by atoms with van der Waals surface area (Å²) in [6.45, 7) is 8.77. The van der Waals surface area contributed by atoms with E-state index in [1.807, 2.05) is 11.3 Å². The summed E-state index contributed by atoms with van der Waals surface area (Å²) in [6, 6.07) is 2.82. The lowest BCUT2D eigenvalue weighted by atomic mass is 10.1. The second-order valence-electron chi connectivity index (χ2n) is 6.12. The van der Waals surface area contributed by atoms with E-state index in [2.05, 4.69) is 52.6 Å². The highest BCUT2D eigenvalue weighted by atomic mass is 32.1. The molecule has 0 amide bonds. The summed E-state index contributed by atoms with van der Waals surface area (Å²) in [5, 5.41) is 13.8. The largest absolute Gasteiger partial charge is 0.407 e. The van der Waals surface area contributed by atoms with Crippen LogP contribution in [0.4, 0.5) is 6.01 Å². The number of rotatable bonds is 3. The molecular weight excluding hydrogens is 272 g/mol. The van der Waals surface area contributed by atoms with Crippen molar-refractivity contribution in [2.45, 2.75) is 45.8 Å². The maximum absolute atomic E-state index is 5.75. The minimum Gasteiger partial charge on any atom is -0.407 e. The number of fused-ring (bicyclic) bond motifs is 1. The summed E-state index contributed by atoms with van der Waals surface area (Å²) in [5.74, 6) is 0.644. The lowest BCUT2D eigenvalue weighted by Crippen LogP contribution is -2.35. The highest BCUT2D eigenvalue weighted by Gasteiger charge is 2.22. The molecule has 0 saturated heterocycles. The Bertz CT molecular complexity index is 584. The third-order valence-corrected chi connectivity index (χ3v) is 4.33. The van der Waals surface area contributed by atoms with Crippen LogP contribution in [0.5, 0.6) is 0 Å². The molecule has 6 heteroatoms. The van der Waals surface area contributed by atoms with Crippen molar-refractivity contribution in [2.75, 3.05) is 11.4 Å². The zero-order valence-corrected chi connectivity index (χ0v) is 13.0. The van der Waals surface area contributed by atoms with Gasteiger partial charge in [0.15, 0.2) is 0 Å². The number of nitrogens with zero attached hydrogens (tertiary/aromatic N) is 3. The number of nitrogens with one attached hydrogen (secondary N) is 1. The van der Waals surface area contributed by atoms with Crippen LogP contribution >= 0.6 is 11.3 Å². The standard InChI is InChI=1S/C14H20N4OS/c1-14(2,3)15-8-12-16-17-13(19-12)18-6-4-11-10(9-18)5-7-20-11/h5,7,15H,4,6,8-9H2,1-3H3. The van der Waals surface area contributed by atoms with E-state index >= 15 is 0 Å². The molecule has 0 atom stereocenters. The first-order valence-corrected chi connectivity index (χ1v) is 7.77. The average Bonchev–Trinajstić information content (AvgIpc) is 3.03. The molecule has 1 N–H and O–H groups in total. The van der Waals surface area contributed by atoms with E-state index in [0.29, 0.717) is 18.5 Å². The van der Waals surface area contributed by atoms with Gasteiger partial charge < -0.3 is 14.6 Å². The van der Waals surface area contributed by atoms with Crippen LogP contribution in [0.2, 0.25) is 0 Å². The fraction of sp³-hybridized carbons (Fsp3) is 0.571. The molecule has 0 radical (unpaired) electrons. The summed E-state index contributed by atoms with van der Waals surface area (Å²) in [4.78, 5) is 3.64. The smallest absolute Gasteiger partial charge is 0.318 e. The van der Waals surface area contributed by atoms with E-state index in [4.69, 9.17) is 4.42 Å². The van der Waals surface area contributed by atoms with Crippen molar-refractivity contribution in [3.8, 4) is 0 Å². The number of anilines is 1. The van der Waals surface area contributed by atoms with Crippen molar-refractivity contribution in [3.63, 3.8) is 0 Å². The molecule has 0 spiro atoms. The summed E-state index contributed by atoms with van der Waals surface area (Å²) >= 11 is 1.84. The molecule has 0 fully saturated rings. The molecule has 0 bridgehead atoms. The van der Waals surface area contributed by atoms with Gasteiger partial charge in [0, 0.05) is 23.5 Å². The SMILES string of the molecule is CC(C)(C)NCc1nnc(N2CCc3sccc3C2)o1. The molecule has 2 aromatic rings. The molecule has 5 nitrogen and oxygen atoms in total. The van der Waals surface area contributed by atoms with Crippen LogP contribution in [-0.2, 0) is 19.5 Å². The number of hydrogen-bond donors (Lipinski definition) is 1. The Kier molecular flexibility index (Phi) is 3.52. The van der Waals surface area contributed by atoms with Crippen LogP contribution in [0, 0.1) is 0 Å². The predicted octanol–water partition coefficient (Wildman–Crippen LogP) is 2.58. The van der Waals surface area contributed by atoms with Crippen LogP contribution in [0.3, 0.4) is 0 Å². The Labute approximate surface area is 123 Å². The van der Waals surface area contributed by atoms with Crippen molar-refractivity contribution in [1.82, 2.24) is 15.5 Å². The third-order valence-electron chi connectivity index (χ3n) is 3.30. The van der Waals surface area contributed by atoms with Gasteiger partial charge in [0.25, 0.3) is 0 Å². The molecule has 0 aliphatic carbocycles. The molecule has 0 aromatic carbocycles. The molecule has 20 heavy (non-hydrogen) atoms. The minimum atomic E-state index is 0.0470. The Balaban J connectivity index is 1.66. The van der Waals surface area contributed by atoms with Gasteiger partial charge in [-0.05, 0) is 44.2 Å². The van der Waals surface area contributed by atoms with Gasteiger partial charge in [-0.1, -0.05) is 5.10 Å². The van der Waals surface area contributed by atoms with Crippen molar-refractivity contribution in [3.05, 3.63) is 27.8 Å². The quantitative estimate of drug-likeness (QED) is 0.942. The fourth-order valence-corrected chi connectivity index (χ4v) is 3.09. The molecule has 108 valence electrons. The monoisotopic (exact) mass is 292 g/mol. The van der Waals surface area contributed by atoms with Crippen molar-refractivity contribution < 1.29 is 4.42 Å². The number of hydrogen-bond acceptors (Lipinski definition) is 6. The first kappa shape index (κ1) is 13.6. The maximum atomic E-state index is 5.75. The van der Waals surface area contributed by atoms with Crippen LogP contribution in [-0.4, -0.2) is 22.3 Å². The molecule has 1 aliphatic rings. The third kappa shape index (κ3) is 3.02. The van der Waals surface area contributed by atoms with Crippen LogP contribution in [0.1, 0.15) is 37.1 Å². The summed E-state index contributed by atoms with van der Waals surface area (Å²) in [5.41, 5.74) is 1.43. The predicted molar refractivity (Wildman–Crippen MR) is 80.0 cm³/mol.